The monoisotopic (exact) mass is 405 g/mol. The van der Waals surface area contributed by atoms with Crippen molar-refractivity contribution in [2.75, 3.05) is 37.6 Å². The van der Waals surface area contributed by atoms with Crippen LogP contribution in [0, 0.1) is 6.92 Å². The largest absolute Gasteiger partial charge is 0.369 e. The zero-order valence-electron chi connectivity index (χ0n) is 16.8. The number of rotatable bonds is 6. The first-order valence-electron chi connectivity index (χ1n) is 10.1. The van der Waals surface area contributed by atoms with E-state index in [1.807, 2.05) is 24.3 Å². The summed E-state index contributed by atoms with van der Waals surface area (Å²) >= 11 is 1.68. The molecule has 0 bridgehead atoms. The second-order valence-electron chi connectivity index (χ2n) is 7.53. The fourth-order valence-corrected chi connectivity index (χ4v) is 4.62. The summed E-state index contributed by atoms with van der Waals surface area (Å²) in [6.07, 6.45) is 0. The first-order chi connectivity index (χ1) is 14.2. The zero-order chi connectivity index (χ0) is 20.1. The summed E-state index contributed by atoms with van der Waals surface area (Å²) in [6, 6.07) is 22.9. The van der Waals surface area contributed by atoms with Crippen molar-refractivity contribution in [2.24, 2.45) is 0 Å². The van der Waals surface area contributed by atoms with E-state index in [1.165, 1.54) is 11.3 Å². The summed E-state index contributed by atoms with van der Waals surface area (Å²) in [5.41, 5.74) is 3.67. The number of carbonyl (C=O) groups excluding carboxylic acids is 1. The van der Waals surface area contributed by atoms with Crippen molar-refractivity contribution in [1.82, 2.24) is 10.2 Å². The highest BCUT2D eigenvalue weighted by atomic mass is 32.1. The van der Waals surface area contributed by atoms with E-state index in [4.69, 9.17) is 0 Å². The molecule has 4 rings (SSSR count). The topological polar surface area (TPSA) is 35.6 Å². The van der Waals surface area contributed by atoms with Crippen LogP contribution >= 0.6 is 11.3 Å². The van der Waals surface area contributed by atoms with Gasteiger partial charge in [-0.3, -0.25) is 9.69 Å². The Morgan fingerprint density at radius 3 is 2.48 bits per heavy atom. The molecular formula is C24H27N3OS. The van der Waals surface area contributed by atoms with Gasteiger partial charge in [0.05, 0.1) is 12.6 Å². The van der Waals surface area contributed by atoms with E-state index < -0.39 is 0 Å². The molecule has 1 aliphatic rings. The Balaban J connectivity index is 1.34. The van der Waals surface area contributed by atoms with Crippen LogP contribution in [0.4, 0.5) is 5.69 Å². The Bertz CT molecular complexity index is 918. The minimum Gasteiger partial charge on any atom is -0.369 e. The lowest BCUT2D eigenvalue weighted by Crippen LogP contribution is -2.49. The van der Waals surface area contributed by atoms with Gasteiger partial charge in [-0.05, 0) is 41.6 Å². The molecule has 1 aliphatic heterocycles. The van der Waals surface area contributed by atoms with Crippen LogP contribution in [0.25, 0.3) is 0 Å². The molecule has 4 nitrogen and oxygen atoms in total. The Kier molecular flexibility index (Phi) is 6.27. The van der Waals surface area contributed by atoms with Gasteiger partial charge in [0.25, 0.3) is 0 Å². The minimum absolute atomic E-state index is 0.0799. The zero-order valence-corrected chi connectivity index (χ0v) is 17.6. The van der Waals surface area contributed by atoms with Gasteiger partial charge in [0.2, 0.25) is 5.91 Å². The summed E-state index contributed by atoms with van der Waals surface area (Å²) in [5, 5.41) is 5.31. The number of piperazine rings is 1. The lowest BCUT2D eigenvalue weighted by atomic mass is 10.1. The van der Waals surface area contributed by atoms with Gasteiger partial charge >= 0.3 is 0 Å². The Hall–Kier alpha value is -2.63. The predicted octanol–water partition coefficient (Wildman–Crippen LogP) is 4.08. The standard InChI is InChI=1S/C24H27N3OS/c1-19-7-5-10-21(17-19)27-14-12-26(13-15-27)18-23(28)25-24(22-11-6-16-29-22)20-8-3-2-4-9-20/h2-11,16-17,24H,12-15,18H2,1H3,(H,25,28). The molecule has 1 N–H and O–H groups in total. The summed E-state index contributed by atoms with van der Waals surface area (Å²) in [5.74, 6) is 0.0799. The highest BCUT2D eigenvalue weighted by molar-refractivity contribution is 7.10. The molecule has 0 aliphatic carbocycles. The molecule has 3 aromatic rings. The van der Waals surface area contributed by atoms with Crippen LogP contribution in [0.15, 0.2) is 72.1 Å². The number of nitrogens with one attached hydrogen (secondary N) is 1. The van der Waals surface area contributed by atoms with E-state index >= 15 is 0 Å². The number of anilines is 1. The molecule has 1 saturated heterocycles. The number of benzene rings is 2. The maximum absolute atomic E-state index is 12.8. The summed E-state index contributed by atoms with van der Waals surface area (Å²) in [4.78, 5) is 18.6. The number of nitrogens with zero attached hydrogens (tertiary/aromatic N) is 2. The van der Waals surface area contributed by atoms with Crippen LogP contribution in [0.3, 0.4) is 0 Å². The molecule has 5 heteroatoms. The SMILES string of the molecule is Cc1cccc(N2CCN(CC(=O)NC(c3ccccc3)c3cccs3)CC2)c1. The molecule has 0 saturated carbocycles. The van der Waals surface area contributed by atoms with Crippen LogP contribution in [0.5, 0.6) is 0 Å². The van der Waals surface area contributed by atoms with E-state index in [1.54, 1.807) is 11.3 Å². The fourth-order valence-electron chi connectivity index (χ4n) is 3.82. The van der Waals surface area contributed by atoms with E-state index in [0.717, 1.165) is 36.6 Å². The minimum atomic E-state index is -0.0858. The van der Waals surface area contributed by atoms with Gasteiger partial charge in [0.1, 0.15) is 0 Å². The van der Waals surface area contributed by atoms with Crippen LogP contribution in [0.2, 0.25) is 0 Å². The summed E-state index contributed by atoms with van der Waals surface area (Å²) in [7, 11) is 0. The molecular weight excluding hydrogens is 378 g/mol. The lowest BCUT2D eigenvalue weighted by Gasteiger charge is -2.36. The first-order valence-corrected chi connectivity index (χ1v) is 11.0. The molecule has 0 radical (unpaired) electrons. The van der Waals surface area contributed by atoms with Crippen molar-refractivity contribution in [2.45, 2.75) is 13.0 Å². The van der Waals surface area contributed by atoms with Gasteiger partial charge in [-0.25, -0.2) is 0 Å². The van der Waals surface area contributed by atoms with Crippen molar-refractivity contribution in [3.05, 3.63) is 88.1 Å². The third-order valence-electron chi connectivity index (χ3n) is 5.37. The second kappa shape index (κ2) is 9.25. The van der Waals surface area contributed by atoms with E-state index in [9.17, 15) is 4.79 Å². The molecule has 1 atom stereocenters. The average Bonchev–Trinajstić information content (AvgIpc) is 3.28. The fraction of sp³-hybridized carbons (Fsp3) is 0.292. The molecule has 1 aromatic heterocycles. The van der Waals surface area contributed by atoms with Gasteiger partial charge in [0.15, 0.2) is 0 Å². The van der Waals surface area contributed by atoms with Crippen LogP contribution in [0.1, 0.15) is 22.0 Å². The van der Waals surface area contributed by atoms with Crippen molar-refractivity contribution in [1.29, 1.82) is 0 Å². The maximum atomic E-state index is 12.8. The molecule has 2 aromatic carbocycles. The number of amides is 1. The van der Waals surface area contributed by atoms with Gasteiger partial charge in [-0.2, -0.15) is 0 Å². The van der Waals surface area contributed by atoms with Crippen LogP contribution in [-0.4, -0.2) is 43.5 Å². The van der Waals surface area contributed by atoms with E-state index in [0.29, 0.717) is 6.54 Å². The number of hydrogen-bond donors (Lipinski definition) is 1. The highest BCUT2D eigenvalue weighted by Crippen LogP contribution is 2.26. The second-order valence-corrected chi connectivity index (χ2v) is 8.51. The molecule has 1 unspecified atom stereocenters. The smallest absolute Gasteiger partial charge is 0.234 e. The van der Waals surface area contributed by atoms with Crippen molar-refractivity contribution in [3.63, 3.8) is 0 Å². The summed E-state index contributed by atoms with van der Waals surface area (Å²) in [6.45, 7) is 6.26. The predicted molar refractivity (Wildman–Crippen MR) is 121 cm³/mol. The van der Waals surface area contributed by atoms with E-state index in [-0.39, 0.29) is 11.9 Å². The number of carbonyl (C=O) groups is 1. The first kappa shape index (κ1) is 19.7. The Morgan fingerprint density at radius 1 is 1.00 bits per heavy atom. The van der Waals surface area contributed by atoms with E-state index in [2.05, 4.69) is 69.9 Å². The molecule has 29 heavy (non-hydrogen) atoms. The highest BCUT2D eigenvalue weighted by Gasteiger charge is 2.22. The van der Waals surface area contributed by atoms with Crippen LogP contribution in [-0.2, 0) is 4.79 Å². The van der Waals surface area contributed by atoms with Gasteiger partial charge in [0, 0.05) is 36.7 Å². The Labute approximate surface area is 176 Å². The van der Waals surface area contributed by atoms with Gasteiger partial charge in [-0.15, -0.1) is 11.3 Å². The Morgan fingerprint density at radius 2 is 1.79 bits per heavy atom. The number of thiophene rings is 1. The molecule has 1 fully saturated rings. The molecule has 150 valence electrons. The number of hydrogen-bond acceptors (Lipinski definition) is 4. The van der Waals surface area contributed by atoms with Gasteiger partial charge in [-0.1, -0.05) is 48.5 Å². The van der Waals surface area contributed by atoms with Crippen molar-refractivity contribution in [3.8, 4) is 0 Å². The normalized spacial score (nSPS) is 15.8. The van der Waals surface area contributed by atoms with Crippen LogP contribution < -0.4 is 10.2 Å². The molecule has 1 amide bonds. The van der Waals surface area contributed by atoms with Crippen molar-refractivity contribution >= 4 is 22.9 Å². The molecule has 2 heterocycles. The third-order valence-corrected chi connectivity index (χ3v) is 6.31. The lowest BCUT2D eigenvalue weighted by molar-refractivity contribution is -0.122. The van der Waals surface area contributed by atoms with Crippen molar-refractivity contribution < 1.29 is 4.79 Å². The summed E-state index contributed by atoms with van der Waals surface area (Å²) < 4.78 is 0. The molecule has 0 spiro atoms. The quantitative estimate of drug-likeness (QED) is 0.671. The number of aryl methyl sites for hydroxylation is 1. The van der Waals surface area contributed by atoms with Gasteiger partial charge < -0.3 is 10.2 Å². The third kappa shape index (κ3) is 5.05. The maximum Gasteiger partial charge on any atom is 0.234 e. The average molecular weight is 406 g/mol.